The summed E-state index contributed by atoms with van der Waals surface area (Å²) < 4.78 is 0. The Kier molecular flexibility index (Phi) is 2.46. The molecule has 1 aliphatic rings. The van der Waals surface area contributed by atoms with Crippen molar-refractivity contribution in [2.75, 3.05) is 0 Å². The van der Waals surface area contributed by atoms with Crippen LogP contribution in [0.25, 0.3) is 27.6 Å². The van der Waals surface area contributed by atoms with Gasteiger partial charge in [-0.3, -0.25) is 0 Å². The normalized spacial score (nSPS) is 17.3. The van der Waals surface area contributed by atoms with Crippen LogP contribution in [0.15, 0.2) is 54.6 Å². The Balaban J connectivity index is 1.98. The summed E-state index contributed by atoms with van der Waals surface area (Å²) in [7, 11) is 0. The van der Waals surface area contributed by atoms with Crippen LogP contribution < -0.4 is 0 Å². The average Bonchev–Trinajstić information content (AvgIpc) is 2.50. The fraction of sp³-hybridized carbons (Fsp3) is 0.105. The summed E-state index contributed by atoms with van der Waals surface area (Å²) in [5, 5.41) is 5.04. The average molecular weight is 258 g/mol. The molecule has 20 heavy (non-hydrogen) atoms. The van der Waals surface area contributed by atoms with E-state index >= 15 is 0 Å². The largest absolute Gasteiger partial charge is 0.303 e. The van der Waals surface area contributed by atoms with Crippen molar-refractivity contribution < 1.29 is 4.79 Å². The first-order valence-electron chi connectivity index (χ1n) is 6.92. The lowest BCUT2D eigenvalue weighted by molar-refractivity contribution is -0.109. The maximum atomic E-state index is 11.0. The predicted octanol–water partition coefficient (Wildman–Crippen LogP) is 4.38. The molecule has 0 N–H and O–H groups in total. The van der Waals surface area contributed by atoms with Crippen LogP contribution in [-0.2, 0) is 11.2 Å². The van der Waals surface area contributed by atoms with Gasteiger partial charge in [-0.05, 0) is 57.3 Å². The maximum absolute atomic E-state index is 11.0. The maximum Gasteiger partial charge on any atom is 0.127 e. The topological polar surface area (TPSA) is 17.1 Å². The number of rotatable bonds is 1. The molecule has 1 heteroatoms. The zero-order chi connectivity index (χ0) is 13.5. The number of carbonyl (C=O) groups is 1. The van der Waals surface area contributed by atoms with E-state index in [4.69, 9.17) is 0 Å². The molecule has 0 saturated heterocycles. The van der Waals surface area contributed by atoms with Crippen LogP contribution in [-0.4, -0.2) is 6.29 Å². The van der Waals surface area contributed by atoms with Crippen molar-refractivity contribution in [3.8, 4) is 0 Å². The van der Waals surface area contributed by atoms with Gasteiger partial charge in [-0.2, -0.15) is 0 Å². The van der Waals surface area contributed by atoms with Crippen molar-refractivity contribution in [3.63, 3.8) is 0 Å². The molecule has 1 atom stereocenters. The van der Waals surface area contributed by atoms with Gasteiger partial charge in [0.2, 0.25) is 0 Å². The first kappa shape index (κ1) is 11.4. The van der Waals surface area contributed by atoms with Crippen LogP contribution in [0.5, 0.6) is 0 Å². The molecule has 0 heterocycles. The van der Waals surface area contributed by atoms with E-state index < -0.39 is 0 Å². The molecule has 0 saturated carbocycles. The minimum atomic E-state index is 0.0282. The van der Waals surface area contributed by atoms with Gasteiger partial charge in [0.15, 0.2) is 0 Å². The van der Waals surface area contributed by atoms with Crippen molar-refractivity contribution in [1.29, 1.82) is 0 Å². The molecule has 1 unspecified atom stereocenters. The first-order chi connectivity index (χ1) is 9.83. The number of benzene rings is 3. The standard InChI is InChI=1S/C19H14O/c20-12-13-5-6-16-10-18-8-14-3-1-2-4-15(14)9-19(18)11-17(16)7-13/h1-6,8-13H,7H2. The third kappa shape index (κ3) is 1.75. The summed E-state index contributed by atoms with van der Waals surface area (Å²) in [4.78, 5) is 11.0. The summed E-state index contributed by atoms with van der Waals surface area (Å²) in [6.45, 7) is 0. The van der Waals surface area contributed by atoms with E-state index in [1.807, 2.05) is 6.08 Å². The third-order valence-electron chi connectivity index (χ3n) is 4.12. The number of hydrogen-bond acceptors (Lipinski definition) is 1. The summed E-state index contributed by atoms with van der Waals surface area (Å²) >= 11 is 0. The molecule has 0 radical (unpaired) electrons. The Hall–Kier alpha value is -2.41. The highest BCUT2D eigenvalue weighted by Gasteiger charge is 2.13. The van der Waals surface area contributed by atoms with Crippen LogP contribution in [0.4, 0.5) is 0 Å². The molecule has 0 bridgehead atoms. The summed E-state index contributed by atoms with van der Waals surface area (Å²) in [5.74, 6) is 0.0282. The van der Waals surface area contributed by atoms with Gasteiger partial charge in [0.25, 0.3) is 0 Å². The van der Waals surface area contributed by atoms with Gasteiger partial charge in [-0.25, -0.2) is 0 Å². The first-order valence-corrected chi connectivity index (χ1v) is 6.92. The quantitative estimate of drug-likeness (QED) is 0.467. The smallest absolute Gasteiger partial charge is 0.127 e. The van der Waals surface area contributed by atoms with E-state index in [2.05, 4.69) is 54.6 Å². The molecule has 0 aliphatic heterocycles. The minimum absolute atomic E-state index is 0.0282. The van der Waals surface area contributed by atoms with E-state index in [-0.39, 0.29) is 5.92 Å². The van der Waals surface area contributed by atoms with Crippen LogP contribution in [0, 0.1) is 5.92 Å². The van der Waals surface area contributed by atoms with Gasteiger partial charge in [-0.1, -0.05) is 42.5 Å². The summed E-state index contributed by atoms with van der Waals surface area (Å²) in [6, 6.07) is 17.4. The second-order valence-electron chi connectivity index (χ2n) is 5.46. The van der Waals surface area contributed by atoms with Crippen LogP contribution >= 0.6 is 0 Å². The molecule has 0 spiro atoms. The van der Waals surface area contributed by atoms with Crippen molar-refractivity contribution in [2.45, 2.75) is 6.42 Å². The van der Waals surface area contributed by atoms with Crippen molar-refractivity contribution in [2.24, 2.45) is 5.92 Å². The Morgan fingerprint density at radius 2 is 1.60 bits per heavy atom. The number of hydrogen-bond donors (Lipinski definition) is 0. The molecular formula is C19H14O. The molecule has 3 aromatic carbocycles. The van der Waals surface area contributed by atoms with E-state index in [9.17, 15) is 4.79 Å². The second-order valence-corrected chi connectivity index (χ2v) is 5.46. The molecule has 1 nitrogen and oxygen atoms in total. The number of fused-ring (bicyclic) bond motifs is 3. The van der Waals surface area contributed by atoms with Crippen LogP contribution in [0.2, 0.25) is 0 Å². The Labute approximate surface area is 117 Å². The highest BCUT2D eigenvalue weighted by molar-refractivity contribution is 5.99. The lowest BCUT2D eigenvalue weighted by Crippen LogP contribution is -2.07. The van der Waals surface area contributed by atoms with Crippen molar-refractivity contribution in [3.05, 3.63) is 65.7 Å². The lowest BCUT2D eigenvalue weighted by atomic mass is 9.88. The molecule has 0 fully saturated rings. The molecule has 3 aromatic rings. The van der Waals surface area contributed by atoms with Crippen molar-refractivity contribution >= 4 is 33.9 Å². The van der Waals surface area contributed by atoms with Gasteiger partial charge in [-0.15, -0.1) is 0 Å². The monoisotopic (exact) mass is 258 g/mol. The van der Waals surface area contributed by atoms with E-state index in [1.54, 1.807) is 0 Å². The summed E-state index contributed by atoms with van der Waals surface area (Å²) in [6.07, 6.45) is 5.93. The fourth-order valence-electron chi connectivity index (χ4n) is 3.03. The van der Waals surface area contributed by atoms with Gasteiger partial charge in [0.05, 0.1) is 0 Å². The lowest BCUT2D eigenvalue weighted by Gasteiger charge is -2.16. The fourth-order valence-corrected chi connectivity index (χ4v) is 3.03. The van der Waals surface area contributed by atoms with Crippen LogP contribution in [0.3, 0.4) is 0 Å². The van der Waals surface area contributed by atoms with E-state index in [0.717, 1.165) is 12.7 Å². The zero-order valence-electron chi connectivity index (χ0n) is 11.0. The molecule has 4 rings (SSSR count). The summed E-state index contributed by atoms with van der Waals surface area (Å²) in [5.41, 5.74) is 2.51. The third-order valence-corrected chi connectivity index (χ3v) is 4.12. The SMILES string of the molecule is O=CC1C=Cc2cc3cc4ccccc4cc3cc2C1. The van der Waals surface area contributed by atoms with E-state index in [0.29, 0.717) is 0 Å². The molecular weight excluding hydrogens is 244 g/mol. The van der Waals surface area contributed by atoms with Gasteiger partial charge >= 0.3 is 0 Å². The van der Waals surface area contributed by atoms with Gasteiger partial charge < -0.3 is 4.79 Å². The zero-order valence-corrected chi connectivity index (χ0v) is 11.0. The second kappa shape index (κ2) is 4.31. The highest BCUT2D eigenvalue weighted by Crippen LogP contribution is 2.29. The highest BCUT2D eigenvalue weighted by atomic mass is 16.1. The van der Waals surface area contributed by atoms with Crippen molar-refractivity contribution in [1.82, 2.24) is 0 Å². The predicted molar refractivity (Wildman–Crippen MR) is 83.7 cm³/mol. The number of carbonyl (C=O) groups excluding carboxylic acids is 1. The number of allylic oxidation sites excluding steroid dienone is 1. The van der Waals surface area contributed by atoms with E-state index in [1.165, 1.54) is 32.7 Å². The minimum Gasteiger partial charge on any atom is -0.303 e. The Morgan fingerprint density at radius 1 is 0.900 bits per heavy atom. The van der Waals surface area contributed by atoms with Gasteiger partial charge in [0.1, 0.15) is 6.29 Å². The molecule has 1 aliphatic carbocycles. The van der Waals surface area contributed by atoms with Crippen LogP contribution in [0.1, 0.15) is 11.1 Å². The van der Waals surface area contributed by atoms with Gasteiger partial charge in [0, 0.05) is 5.92 Å². The molecule has 0 amide bonds. The number of aldehydes is 1. The molecule has 0 aromatic heterocycles. The Morgan fingerprint density at radius 3 is 2.30 bits per heavy atom. The Bertz CT molecular complexity index is 858. The molecule has 96 valence electrons.